The van der Waals surface area contributed by atoms with Crippen LogP contribution in [0.2, 0.25) is 5.02 Å². The van der Waals surface area contributed by atoms with E-state index >= 15 is 0 Å². The third-order valence-corrected chi connectivity index (χ3v) is 9.29. The van der Waals surface area contributed by atoms with Crippen molar-refractivity contribution >= 4 is 38.7 Å². The molecule has 0 radical (unpaired) electrons. The number of carbonyl (C=O) groups is 1. The van der Waals surface area contributed by atoms with Crippen molar-refractivity contribution in [3.05, 3.63) is 87.8 Å². The summed E-state index contributed by atoms with van der Waals surface area (Å²) in [6.45, 7) is -0.437. The first-order valence-electron chi connectivity index (χ1n) is 10.8. The molecule has 0 aliphatic heterocycles. The molecule has 1 aromatic heterocycles. The molecule has 0 amide bonds. The summed E-state index contributed by atoms with van der Waals surface area (Å²) in [6.07, 6.45) is 1.24. The number of ether oxygens (including phenoxy) is 1. The minimum absolute atomic E-state index is 0.0816. The largest absolute Gasteiger partial charge is 0.482 e. The van der Waals surface area contributed by atoms with Crippen LogP contribution in [-0.4, -0.2) is 31.1 Å². The number of halogens is 1. The van der Waals surface area contributed by atoms with Crippen molar-refractivity contribution < 1.29 is 23.1 Å². The fourth-order valence-electron chi connectivity index (χ4n) is 4.23. The second-order valence-corrected chi connectivity index (χ2v) is 11.8. The molecule has 1 N–H and O–H groups in total. The predicted octanol–water partition coefficient (Wildman–Crippen LogP) is 5.67. The summed E-state index contributed by atoms with van der Waals surface area (Å²) in [7, 11) is -3.71. The maximum atomic E-state index is 13.5. The molecule has 3 aromatic carbocycles. The third kappa shape index (κ3) is 4.82. The number of hydrogen-bond donors (Lipinski definition) is 1. The van der Waals surface area contributed by atoms with Gasteiger partial charge in [0.2, 0.25) is 14.2 Å². The van der Waals surface area contributed by atoms with Gasteiger partial charge >= 0.3 is 5.97 Å². The van der Waals surface area contributed by atoms with Crippen molar-refractivity contribution in [3.63, 3.8) is 0 Å². The molecule has 35 heavy (non-hydrogen) atoms. The predicted molar refractivity (Wildman–Crippen MR) is 136 cm³/mol. The number of nitrogens with zero attached hydrogens (tertiary/aromatic N) is 1. The number of rotatable bonds is 7. The quantitative estimate of drug-likeness (QED) is 0.334. The van der Waals surface area contributed by atoms with Gasteiger partial charge in [-0.15, -0.1) is 11.3 Å². The molecule has 1 aliphatic rings. The topological polar surface area (TPSA) is 93.6 Å². The third-order valence-electron chi connectivity index (χ3n) is 5.80. The monoisotopic (exact) mass is 525 g/mol. The molecule has 5 rings (SSSR count). The van der Waals surface area contributed by atoms with Gasteiger partial charge in [-0.25, -0.2) is 18.2 Å². The number of thiazole rings is 1. The molecule has 9 heteroatoms. The molecular weight excluding hydrogens is 506 g/mol. The highest BCUT2D eigenvalue weighted by atomic mass is 35.5. The number of aryl methyl sites for hydroxylation is 1. The Morgan fingerprint density at radius 3 is 2.51 bits per heavy atom. The van der Waals surface area contributed by atoms with E-state index in [9.17, 15) is 13.2 Å². The van der Waals surface area contributed by atoms with E-state index in [0.29, 0.717) is 34.9 Å². The van der Waals surface area contributed by atoms with E-state index in [2.05, 4.69) is 4.98 Å². The second kappa shape index (κ2) is 9.45. The SMILES string of the molecule is O=C(O)COc1cccc2c1CCc1sc(S(=O)(=O)Cc3ccccc3-c3ccc(Cl)cc3)nc1-2. The van der Waals surface area contributed by atoms with Crippen LogP contribution in [0.5, 0.6) is 5.75 Å². The Labute approximate surface area is 211 Å². The average molecular weight is 526 g/mol. The lowest BCUT2D eigenvalue weighted by Crippen LogP contribution is -2.12. The molecule has 0 atom stereocenters. The van der Waals surface area contributed by atoms with Gasteiger partial charge in [-0.3, -0.25) is 0 Å². The van der Waals surface area contributed by atoms with Gasteiger partial charge < -0.3 is 9.84 Å². The van der Waals surface area contributed by atoms with Gasteiger partial charge in [0.1, 0.15) is 5.75 Å². The van der Waals surface area contributed by atoms with Gasteiger partial charge in [0.05, 0.1) is 11.4 Å². The smallest absolute Gasteiger partial charge is 0.341 e. The molecule has 0 saturated carbocycles. The van der Waals surface area contributed by atoms with Gasteiger partial charge in [0.25, 0.3) is 0 Å². The van der Waals surface area contributed by atoms with E-state index in [4.69, 9.17) is 21.4 Å². The number of carboxylic acid groups (broad SMARTS) is 1. The van der Waals surface area contributed by atoms with Gasteiger partial charge in [0, 0.05) is 21.0 Å². The van der Waals surface area contributed by atoms with Crippen molar-refractivity contribution in [2.45, 2.75) is 22.9 Å². The lowest BCUT2D eigenvalue weighted by atomic mass is 9.93. The Morgan fingerprint density at radius 1 is 1.00 bits per heavy atom. The van der Waals surface area contributed by atoms with Crippen LogP contribution in [0.25, 0.3) is 22.4 Å². The van der Waals surface area contributed by atoms with Crippen molar-refractivity contribution in [2.24, 2.45) is 0 Å². The Morgan fingerprint density at radius 2 is 1.74 bits per heavy atom. The highest BCUT2D eigenvalue weighted by Crippen LogP contribution is 2.41. The molecule has 0 unspecified atom stereocenters. The number of hydrogen-bond acceptors (Lipinski definition) is 6. The first-order valence-corrected chi connectivity index (χ1v) is 13.7. The first-order chi connectivity index (χ1) is 16.8. The van der Waals surface area contributed by atoms with Crippen LogP contribution in [0.4, 0.5) is 0 Å². The maximum absolute atomic E-state index is 13.5. The summed E-state index contributed by atoms with van der Waals surface area (Å²) in [5.41, 5.74) is 4.67. The summed E-state index contributed by atoms with van der Waals surface area (Å²) in [4.78, 5) is 16.4. The highest BCUT2D eigenvalue weighted by molar-refractivity contribution is 7.92. The molecular formula is C26H20ClNO5S2. The maximum Gasteiger partial charge on any atom is 0.341 e. The number of carboxylic acids is 1. The lowest BCUT2D eigenvalue weighted by Gasteiger charge is -2.18. The second-order valence-electron chi connectivity index (χ2n) is 8.14. The van der Waals surface area contributed by atoms with Crippen molar-refractivity contribution in [1.29, 1.82) is 0 Å². The minimum Gasteiger partial charge on any atom is -0.482 e. The first kappa shape index (κ1) is 23.5. The van der Waals surface area contributed by atoms with Crippen LogP contribution in [0.1, 0.15) is 16.0 Å². The Hall–Kier alpha value is -3.20. The zero-order chi connectivity index (χ0) is 24.6. The minimum atomic E-state index is -3.71. The van der Waals surface area contributed by atoms with Crippen LogP contribution in [-0.2, 0) is 33.2 Å². The van der Waals surface area contributed by atoms with Crippen molar-refractivity contribution in [3.8, 4) is 28.1 Å². The highest BCUT2D eigenvalue weighted by Gasteiger charge is 2.28. The van der Waals surface area contributed by atoms with Gasteiger partial charge in [-0.1, -0.05) is 60.1 Å². The average Bonchev–Trinajstić information content (AvgIpc) is 3.29. The molecule has 1 aliphatic carbocycles. The Bertz CT molecular complexity index is 1530. The summed E-state index contributed by atoms with van der Waals surface area (Å²) in [6, 6.07) is 20.1. The number of aromatic nitrogens is 1. The van der Waals surface area contributed by atoms with Crippen molar-refractivity contribution in [1.82, 2.24) is 4.98 Å². The fourth-order valence-corrected chi connectivity index (χ4v) is 7.16. The van der Waals surface area contributed by atoms with E-state index in [1.807, 2.05) is 42.5 Å². The zero-order valence-corrected chi connectivity index (χ0v) is 20.8. The summed E-state index contributed by atoms with van der Waals surface area (Å²) >= 11 is 7.22. The van der Waals surface area contributed by atoms with E-state index in [1.54, 1.807) is 24.3 Å². The number of benzene rings is 3. The molecule has 0 bridgehead atoms. The van der Waals surface area contributed by atoms with E-state index in [0.717, 1.165) is 27.1 Å². The number of aliphatic carboxylic acids is 1. The number of sulfone groups is 1. The number of fused-ring (bicyclic) bond motifs is 3. The van der Waals surface area contributed by atoms with E-state index in [1.165, 1.54) is 11.3 Å². The van der Waals surface area contributed by atoms with Gasteiger partial charge in [-0.2, -0.15) is 0 Å². The van der Waals surface area contributed by atoms with Crippen LogP contribution in [0.3, 0.4) is 0 Å². The van der Waals surface area contributed by atoms with Crippen LogP contribution >= 0.6 is 22.9 Å². The molecule has 6 nitrogen and oxygen atoms in total. The molecule has 0 spiro atoms. The van der Waals surface area contributed by atoms with Gasteiger partial charge in [-0.05, 0) is 47.7 Å². The fraction of sp³-hybridized carbons (Fsp3) is 0.154. The van der Waals surface area contributed by atoms with E-state index < -0.39 is 22.4 Å². The lowest BCUT2D eigenvalue weighted by molar-refractivity contribution is -0.139. The Balaban J connectivity index is 1.48. The van der Waals surface area contributed by atoms with Crippen molar-refractivity contribution in [2.75, 3.05) is 6.61 Å². The zero-order valence-electron chi connectivity index (χ0n) is 18.4. The molecule has 4 aromatic rings. The Kier molecular flexibility index (Phi) is 6.35. The van der Waals surface area contributed by atoms with Crippen LogP contribution in [0, 0.1) is 0 Å². The summed E-state index contributed by atoms with van der Waals surface area (Å²) < 4.78 is 32.4. The normalized spacial score (nSPS) is 12.6. The molecule has 178 valence electrons. The summed E-state index contributed by atoms with van der Waals surface area (Å²) in [5, 5.41) is 9.56. The summed E-state index contributed by atoms with van der Waals surface area (Å²) in [5.74, 6) is -0.739. The standard InChI is InChI=1S/C26H20ClNO5S2/c27-18-10-8-16(9-11-18)19-5-2-1-4-17(19)15-35(31,32)26-28-25-21-6-3-7-22(33-14-24(29)30)20(21)12-13-23(25)34-26/h1-11H,12-15H2,(H,29,30). The van der Waals surface area contributed by atoms with Crippen LogP contribution in [0.15, 0.2) is 71.1 Å². The van der Waals surface area contributed by atoms with E-state index in [-0.39, 0.29) is 10.1 Å². The molecule has 1 heterocycles. The van der Waals surface area contributed by atoms with Crippen LogP contribution < -0.4 is 4.74 Å². The molecule has 0 saturated heterocycles. The van der Waals surface area contributed by atoms with Gasteiger partial charge in [0.15, 0.2) is 6.61 Å². The molecule has 0 fully saturated rings.